The number of ether oxygens (including phenoxy) is 1. The largest absolute Gasteiger partial charge is 1.00 e. The Bertz CT molecular complexity index is 679. The monoisotopic (exact) mass is 395 g/mol. The molecule has 0 spiro atoms. The van der Waals surface area contributed by atoms with E-state index >= 15 is 0 Å². The van der Waals surface area contributed by atoms with E-state index < -0.39 is 0 Å². The number of quaternary nitrogens is 1. The quantitative estimate of drug-likeness (QED) is 0.583. The number of aromatic hydroxyl groups is 1. The fourth-order valence-corrected chi connectivity index (χ4v) is 2.67. The van der Waals surface area contributed by atoms with Gasteiger partial charge in [0.25, 0.3) is 0 Å². The van der Waals surface area contributed by atoms with Gasteiger partial charge >= 0.3 is 5.97 Å². The summed E-state index contributed by atoms with van der Waals surface area (Å²) < 4.78 is 4.40. The summed E-state index contributed by atoms with van der Waals surface area (Å²) >= 11 is 0. The number of phenolic OH excluding ortho intramolecular Hbond substituents is 1. The van der Waals surface area contributed by atoms with Crippen molar-refractivity contribution in [3.63, 3.8) is 0 Å². The van der Waals surface area contributed by atoms with Gasteiger partial charge in [0.15, 0.2) is 0 Å². The van der Waals surface area contributed by atoms with E-state index in [0.29, 0.717) is 12.4 Å². The van der Waals surface area contributed by atoms with Gasteiger partial charge in [-0.25, -0.2) is 0 Å². The van der Waals surface area contributed by atoms with Crippen LogP contribution in [0, 0.1) is 6.92 Å². The Morgan fingerprint density at radius 3 is 2.30 bits per heavy atom. The molecule has 2 atom stereocenters. The molecule has 27 heavy (non-hydrogen) atoms. The fourth-order valence-electron chi connectivity index (χ4n) is 2.67. The molecular formula is C21H30ClNO4. The van der Waals surface area contributed by atoms with Crippen LogP contribution < -0.4 is 17.7 Å². The second kappa shape index (κ2) is 13.1. The molecule has 150 valence electrons. The molecule has 0 saturated heterocycles. The predicted octanol–water partition coefficient (Wildman–Crippen LogP) is -0.368. The van der Waals surface area contributed by atoms with Gasteiger partial charge in [0.2, 0.25) is 0 Å². The van der Waals surface area contributed by atoms with Crippen molar-refractivity contribution in [1.29, 1.82) is 0 Å². The highest BCUT2D eigenvalue weighted by atomic mass is 35.5. The summed E-state index contributed by atoms with van der Waals surface area (Å²) in [5.74, 6) is 0.0987. The first kappa shape index (κ1) is 24.9. The molecule has 2 rings (SSSR count). The van der Waals surface area contributed by atoms with Crippen molar-refractivity contribution >= 4 is 5.97 Å². The molecule has 0 radical (unpaired) electrons. The summed E-state index contributed by atoms with van der Waals surface area (Å²) in [6.07, 6.45) is 0. The van der Waals surface area contributed by atoms with Crippen LogP contribution in [0.3, 0.4) is 0 Å². The average Bonchev–Trinajstić information content (AvgIpc) is 2.62. The van der Waals surface area contributed by atoms with Crippen LogP contribution in [0.5, 0.6) is 5.75 Å². The van der Waals surface area contributed by atoms with Gasteiger partial charge < -0.3 is 32.7 Å². The zero-order valence-electron chi connectivity index (χ0n) is 16.4. The second-order valence-corrected chi connectivity index (χ2v) is 6.17. The smallest absolute Gasteiger partial charge is 0.302 e. The molecule has 0 unspecified atom stereocenters. The molecule has 2 aromatic carbocycles. The highest BCUT2D eigenvalue weighted by Gasteiger charge is 2.20. The topological polar surface area (TPSA) is 83.4 Å². The molecule has 4 N–H and O–H groups in total. The Morgan fingerprint density at radius 2 is 1.81 bits per heavy atom. The minimum absolute atomic E-state index is 0. The lowest BCUT2D eigenvalue weighted by Crippen LogP contribution is -3.00. The third-order valence-electron chi connectivity index (χ3n) is 3.97. The Balaban J connectivity index is 0.000000842. The molecule has 0 amide bonds. The van der Waals surface area contributed by atoms with E-state index in [2.05, 4.69) is 10.1 Å². The normalized spacial score (nSPS) is 12.0. The molecule has 5 nitrogen and oxygen atoms in total. The lowest BCUT2D eigenvalue weighted by atomic mass is 10.0. The number of aliphatic hydroxyl groups is 1. The van der Waals surface area contributed by atoms with Gasteiger partial charge in [-0.15, -0.1) is 0 Å². The lowest BCUT2D eigenvalue weighted by molar-refractivity contribution is -0.733. The van der Waals surface area contributed by atoms with Crippen molar-refractivity contribution < 1.29 is 37.5 Å². The van der Waals surface area contributed by atoms with Crippen LogP contribution in [0.15, 0.2) is 48.5 Å². The van der Waals surface area contributed by atoms with Crippen LogP contribution in [-0.2, 0) is 9.53 Å². The van der Waals surface area contributed by atoms with E-state index in [1.165, 1.54) is 6.92 Å². The fraction of sp³-hybridized carbons (Fsp3) is 0.381. The van der Waals surface area contributed by atoms with Crippen molar-refractivity contribution in [2.45, 2.75) is 39.8 Å². The van der Waals surface area contributed by atoms with Crippen LogP contribution in [0.4, 0.5) is 0 Å². The summed E-state index contributed by atoms with van der Waals surface area (Å²) in [6.45, 7) is 7.78. The average molecular weight is 396 g/mol. The highest BCUT2D eigenvalue weighted by Crippen LogP contribution is 2.23. The Labute approximate surface area is 167 Å². The number of rotatable bonds is 6. The number of halogens is 1. The molecule has 6 heteroatoms. The number of aryl methyl sites for hydroxylation is 1. The molecule has 0 bridgehead atoms. The maximum atomic E-state index is 9.98. The highest BCUT2D eigenvalue weighted by molar-refractivity contribution is 5.65. The van der Waals surface area contributed by atoms with E-state index in [1.807, 2.05) is 56.3 Å². The van der Waals surface area contributed by atoms with E-state index in [0.717, 1.165) is 16.7 Å². The number of carbonyl (C=O) groups excluding carboxylic acids is 1. The molecule has 0 saturated carbocycles. The van der Waals surface area contributed by atoms with E-state index in [1.54, 1.807) is 13.0 Å². The summed E-state index contributed by atoms with van der Waals surface area (Å²) in [6, 6.07) is 15.6. The van der Waals surface area contributed by atoms with Gasteiger partial charge in [0.1, 0.15) is 17.8 Å². The van der Waals surface area contributed by atoms with Crippen molar-refractivity contribution in [2.75, 3.05) is 13.2 Å². The third kappa shape index (κ3) is 8.91. The third-order valence-corrected chi connectivity index (χ3v) is 3.97. The minimum atomic E-state index is -0.211. The Kier molecular flexibility index (Phi) is 12.1. The van der Waals surface area contributed by atoms with Crippen molar-refractivity contribution in [3.8, 4) is 5.75 Å². The van der Waals surface area contributed by atoms with Crippen LogP contribution in [0.2, 0.25) is 0 Å². The van der Waals surface area contributed by atoms with Gasteiger partial charge in [-0.05, 0) is 32.9 Å². The number of hydrogen-bond acceptors (Lipinski definition) is 4. The summed E-state index contributed by atoms with van der Waals surface area (Å²) in [5, 5.41) is 21.7. The number of phenols is 1. The zero-order valence-corrected chi connectivity index (χ0v) is 17.1. The molecule has 0 fully saturated rings. The molecule has 0 aliphatic heterocycles. The predicted molar refractivity (Wildman–Crippen MR) is 102 cm³/mol. The number of hydrogen-bond donors (Lipinski definition) is 3. The number of nitrogens with two attached hydrogens (primary N) is 1. The standard InChI is InChI=1S/C17H21NO2.C4H8O2.ClH/c1-12-8-9-17(20)15(10-12)13(2)18-16(11-19)14-6-4-3-5-7-14;1-3-6-4(2)5;/h3-10,13,16,18-20H,11H2,1-2H3;3H2,1-2H3;1H/t13-,16-;;/m0../s1. The molecular weight excluding hydrogens is 366 g/mol. The van der Waals surface area contributed by atoms with Gasteiger partial charge in [-0.1, -0.05) is 42.0 Å². The van der Waals surface area contributed by atoms with E-state index in [4.69, 9.17) is 0 Å². The summed E-state index contributed by atoms with van der Waals surface area (Å²) in [7, 11) is 0. The first-order valence-corrected chi connectivity index (χ1v) is 8.82. The van der Waals surface area contributed by atoms with Crippen LogP contribution in [-0.4, -0.2) is 29.4 Å². The van der Waals surface area contributed by atoms with E-state index in [9.17, 15) is 15.0 Å². The lowest BCUT2D eigenvalue weighted by Gasteiger charge is -2.20. The zero-order chi connectivity index (χ0) is 19.5. The van der Waals surface area contributed by atoms with Crippen molar-refractivity contribution in [2.24, 2.45) is 0 Å². The first-order chi connectivity index (χ1) is 12.4. The van der Waals surface area contributed by atoms with Gasteiger partial charge in [-0.2, -0.15) is 0 Å². The number of esters is 1. The molecule has 0 aliphatic rings. The number of benzene rings is 2. The molecule has 2 aromatic rings. The molecule has 0 aromatic heterocycles. The minimum Gasteiger partial charge on any atom is -1.00 e. The van der Waals surface area contributed by atoms with Gasteiger partial charge in [0.05, 0.1) is 18.8 Å². The molecule has 0 aliphatic carbocycles. The SMILES string of the molecule is CCOC(C)=O.Cc1ccc(O)c([C@H](C)[NH2+][C@@H](CO)c2ccccc2)c1.[Cl-]. The van der Waals surface area contributed by atoms with Crippen LogP contribution >= 0.6 is 0 Å². The molecule has 0 heterocycles. The Hall–Kier alpha value is -2.08. The van der Waals surface area contributed by atoms with Crippen molar-refractivity contribution in [3.05, 3.63) is 65.2 Å². The maximum absolute atomic E-state index is 9.98. The van der Waals surface area contributed by atoms with E-state index in [-0.39, 0.29) is 37.1 Å². The van der Waals surface area contributed by atoms with Crippen molar-refractivity contribution in [1.82, 2.24) is 0 Å². The van der Waals surface area contributed by atoms with Crippen LogP contribution in [0.1, 0.15) is 49.5 Å². The number of carbonyl (C=O) groups is 1. The van der Waals surface area contributed by atoms with Gasteiger partial charge in [-0.3, -0.25) is 4.79 Å². The number of aliphatic hydroxyl groups excluding tert-OH is 1. The Morgan fingerprint density at radius 1 is 1.19 bits per heavy atom. The van der Waals surface area contributed by atoms with Crippen LogP contribution in [0.25, 0.3) is 0 Å². The summed E-state index contributed by atoms with van der Waals surface area (Å²) in [5.41, 5.74) is 3.12. The maximum Gasteiger partial charge on any atom is 0.302 e. The first-order valence-electron chi connectivity index (χ1n) is 8.82. The van der Waals surface area contributed by atoms with Gasteiger partial charge in [0, 0.05) is 12.5 Å². The second-order valence-electron chi connectivity index (χ2n) is 6.17. The summed E-state index contributed by atoms with van der Waals surface area (Å²) in [4.78, 5) is 9.82.